The molecule has 0 unspecified atom stereocenters. The quantitative estimate of drug-likeness (QED) is 0.626. The molecule has 0 radical (unpaired) electrons. The summed E-state index contributed by atoms with van der Waals surface area (Å²) in [5.41, 5.74) is 1.53. The summed E-state index contributed by atoms with van der Waals surface area (Å²) < 4.78 is 1.55. The second-order valence-electron chi connectivity index (χ2n) is 5.14. The van der Waals surface area contributed by atoms with E-state index in [-0.39, 0.29) is 11.1 Å². The van der Waals surface area contributed by atoms with Gasteiger partial charge in [0.05, 0.1) is 5.69 Å². The van der Waals surface area contributed by atoms with Crippen molar-refractivity contribution in [3.05, 3.63) is 70.3 Å². The summed E-state index contributed by atoms with van der Waals surface area (Å²) in [5.74, 6) is -0.403. The zero-order valence-electron chi connectivity index (χ0n) is 13.0. The monoisotopic (exact) mass is 297 g/mol. The first-order chi connectivity index (χ1) is 10.5. The van der Waals surface area contributed by atoms with Gasteiger partial charge >= 0.3 is 0 Å². The maximum atomic E-state index is 12.1. The summed E-state index contributed by atoms with van der Waals surface area (Å²) in [7, 11) is 3.60. The van der Waals surface area contributed by atoms with Crippen LogP contribution in [0.4, 0.5) is 0 Å². The lowest BCUT2D eigenvalue weighted by Crippen LogP contribution is -2.20. The van der Waals surface area contributed by atoms with Crippen molar-refractivity contribution in [2.75, 3.05) is 14.1 Å². The van der Waals surface area contributed by atoms with Crippen LogP contribution in [0.25, 0.3) is 5.69 Å². The fourth-order valence-corrected chi connectivity index (χ4v) is 1.94. The summed E-state index contributed by atoms with van der Waals surface area (Å²) >= 11 is 0. The van der Waals surface area contributed by atoms with E-state index >= 15 is 0 Å². The van der Waals surface area contributed by atoms with Crippen molar-refractivity contribution in [1.82, 2.24) is 14.7 Å². The van der Waals surface area contributed by atoms with E-state index in [2.05, 4.69) is 12.0 Å². The first-order valence-electron chi connectivity index (χ1n) is 7.09. The van der Waals surface area contributed by atoms with Crippen LogP contribution >= 0.6 is 0 Å². The van der Waals surface area contributed by atoms with Gasteiger partial charge in [-0.25, -0.2) is 4.68 Å². The Balaban J connectivity index is 2.42. The van der Waals surface area contributed by atoms with Crippen LogP contribution in [0.15, 0.2) is 53.6 Å². The Labute approximate surface area is 129 Å². The average molecular weight is 297 g/mol. The molecule has 0 spiro atoms. The van der Waals surface area contributed by atoms with Gasteiger partial charge in [0.25, 0.3) is 0 Å². The highest BCUT2D eigenvalue weighted by atomic mass is 16.1. The van der Waals surface area contributed by atoms with E-state index in [0.29, 0.717) is 0 Å². The van der Waals surface area contributed by atoms with E-state index in [4.69, 9.17) is 0 Å². The Bertz CT molecular complexity index is 760. The molecular formula is C17H19N3O2. The molecule has 0 aliphatic heterocycles. The highest BCUT2D eigenvalue weighted by molar-refractivity contribution is 6.02. The van der Waals surface area contributed by atoms with Gasteiger partial charge in [-0.15, -0.1) is 0 Å². The summed E-state index contributed by atoms with van der Waals surface area (Å²) in [6.07, 6.45) is 5.42. The van der Waals surface area contributed by atoms with Gasteiger partial charge in [0.2, 0.25) is 11.2 Å². The van der Waals surface area contributed by atoms with Crippen LogP contribution in [-0.2, 0) is 6.42 Å². The van der Waals surface area contributed by atoms with Gasteiger partial charge in [-0.05, 0) is 24.1 Å². The summed E-state index contributed by atoms with van der Waals surface area (Å²) in [6, 6.07) is 9.20. The number of ketones is 1. The van der Waals surface area contributed by atoms with Gasteiger partial charge in [0.15, 0.2) is 5.69 Å². The number of carbonyl (C=O) groups excluding carboxylic acids is 1. The Hall–Kier alpha value is -2.69. The van der Waals surface area contributed by atoms with Crippen molar-refractivity contribution in [1.29, 1.82) is 0 Å². The van der Waals surface area contributed by atoms with Crippen LogP contribution in [0.5, 0.6) is 0 Å². The molecule has 1 heterocycles. The molecule has 0 aliphatic rings. The number of hydrogen-bond acceptors (Lipinski definition) is 4. The van der Waals surface area contributed by atoms with E-state index in [1.807, 2.05) is 24.3 Å². The molecule has 0 aliphatic carbocycles. The van der Waals surface area contributed by atoms with Gasteiger partial charge < -0.3 is 4.90 Å². The molecule has 2 aromatic rings. The highest BCUT2D eigenvalue weighted by Gasteiger charge is 2.10. The van der Waals surface area contributed by atoms with Crippen molar-refractivity contribution in [2.24, 2.45) is 0 Å². The molecule has 0 atom stereocenters. The molecule has 0 fully saturated rings. The van der Waals surface area contributed by atoms with Gasteiger partial charge in [-0.2, -0.15) is 5.10 Å². The lowest BCUT2D eigenvalue weighted by atomic mass is 10.1. The van der Waals surface area contributed by atoms with Gasteiger partial charge in [0.1, 0.15) is 0 Å². The molecule has 0 N–H and O–H groups in total. The first-order valence-corrected chi connectivity index (χ1v) is 7.09. The molecule has 114 valence electrons. The summed E-state index contributed by atoms with van der Waals surface area (Å²) in [4.78, 5) is 25.7. The molecule has 1 aromatic carbocycles. The maximum Gasteiger partial charge on any atom is 0.211 e. The molecular weight excluding hydrogens is 278 g/mol. The molecule has 0 amide bonds. The van der Waals surface area contributed by atoms with E-state index in [1.54, 1.807) is 36.1 Å². The molecule has 0 saturated heterocycles. The van der Waals surface area contributed by atoms with Gasteiger partial charge in [0, 0.05) is 38.6 Å². The topological polar surface area (TPSA) is 55.2 Å². The standard InChI is InChI=1S/C17H19N3O2/c1-4-13-6-5-7-14(12-13)20-11-9-16(22)17(18-20)15(21)8-10-19(2)3/h5-12H,4H2,1-3H3. The number of benzene rings is 1. The SMILES string of the molecule is CCc1cccc(-n2ccc(=O)c(C(=O)C=CN(C)C)n2)c1. The first kappa shape index (κ1) is 15.7. The van der Waals surface area contributed by atoms with Crippen molar-refractivity contribution in [3.63, 3.8) is 0 Å². The molecule has 0 saturated carbocycles. The Morgan fingerprint density at radius 1 is 1.32 bits per heavy atom. The smallest absolute Gasteiger partial charge is 0.211 e. The minimum absolute atomic E-state index is 0.0810. The van der Waals surface area contributed by atoms with Crippen molar-refractivity contribution in [2.45, 2.75) is 13.3 Å². The van der Waals surface area contributed by atoms with Crippen LogP contribution in [0.2, 0.25) is 0 Å². The molecule has 5 heteroatoms. The van der Waals surface area contributed by atoms with E-state index in [9.17, 15) is 9.59 Å². The number of aromatic nitrogens is 2. The minimum atomic E-state index is -0.403. The van der Waals surface area contributed by atoms with Crippen LogP contribution in [0, 0.1) is 0 Å². The lowest BCUT2D eigenvalue weighted by molar-refractivity contribution is 0.103. The predicted molar refractivity (Wildman–Crippen MR) is 86.4 cm³/mol. The number of allylic oxidation sites excluding steroid dienone is 1. The third-order valence-corrected chi connectivity index (χ3v) is 3.15. The van der Waals surface area contributed by atoms with Crippen LogP contribution in [-0.4, -0.2) is 34.6 Å². The third kappa shape index (κ3) is 3.69. The zero-order chi connectivity index (χ0) is 16.1. The zero-order valence-corrected chi connectivity index (χ0v) is 13.0. The Morgan fingerprint density at radius 2 is 2.09 bits per heavy atom. The normalized spacial score (nSPS) is 10.9. The number of nitrogens with zero attached hydrogens (tertiary/aromatic N) is 3. The van der Waals surface area contributed by atoms with Crippen molar-refractivity contribution in [3.8, 4) is 5.69 Å². The van der Waals surface area contributed by atoms with Crippen LogP contribution in [0.3, 0.4) is 0 Å². The Kier molecular flexibility index (Phi) is 4.88. The molecule has 2 rings (SSSR count). The average Bonchev–Trinajstić information content (AvgIpc) is 2.53. The number of aryl methyl sites for hydroxylation is 1. The summed E-state index contributed by atoms with van der Waals surface area (Å²) in [6.45, 7) is 2.07. The van der Waals surface area contributed by atoms with Gasteiger partial charge in [-0.1, -0.05) is 19.1 Å². The fourth-order valence-electron chi connectivity index (χ4n) is 1.94. The van der Waals surface area contributed by atoms with Crippen molar-refractivity contribution < 1.29 is 4.79 Å². The minimum Gasteiger partial charge on any atom is -0.383 e. The van der Waals surface area contributed by atoms with E-state index in [1.165, 1.54) is 17.7 Å². The highest BCUT2D eigenvalue weighted by Crippen LogP contribution is 2.09. The molecule has 5 nitrogen and oxygen atoms in total. The Morgan fingerprint density at radius 3 is 2.77 bits per heavy atom. The van der Waals surface area contributed by atoms with Crippen LogP contribution in [0.1, 0.15) is 23.0 Å². The third-order valence-electron chi connectivity index (χ3n) is 3.15. The second kappa shape index (κ2) is 6.85. The van der Waals surface area contributed by atoms with Crippen LogP contribution < -0.4 is 5.43 Å². The maximum absolute atomic E-state index is 12.1. The summed E-state index contributed by atoms with van der Waals surface area (Å²) in [5, 5.41) is 4.18. The predicted octanol–water partition coefficient (Wildman–Crippen LogP) is 2.05. The number of hydrogen-bond donors (Lipinski definition) is 0. The van der Waals surface area contributed by atoms with Gasteiger partial charge in [-0.3, -0.25) is 9.59 Å². The molecule has 1 aromatic heterocycles. The molecule has 22 heavy (non-hydrogen) atoms. The fraction of sp³-hybridized carbons (Fsp3) is 0.235. The lowest BCUT2D eigenvalue weighted by Gasteiger charge is -2.08. The second-order valence-corrected chi connectivity index (χ2v) is 5.14. The van der Waals surface area contributed by atoms with E-state index < -0.39 is 5.78 Å². The number of carbonyl (C=O) groups is 1. The largest absolute Gasteiger partial charge is 0.383 e. The van der Waals surface area contributed by atoms with Crippen molar-refractivity contribution >= 4 is 5.78 Å². The molecule has 0 bridgehead atoms. The van der Waals surface area contributed by atoms with E-state index in [0.717, 1.165) is 12.1 Å². The number of rotatable bonds is 5.